The smallest absolute Gasteiger partial charge is 0.136 e. The summed E-state index contributed by atoms with van der Waals surface area (Å²) >= 11 is 0. The minimum atomic E-state index is 0.909. The lowest BCUT2D eigenvalue weighted by atomic mass is 9.86. The van der Waals surface area contributed by atoms with Crippen LogP contribution in [0.1, 0.15) is 0 Å². The van der Waals surface area contributed by atoms with Crippen LogP contribution < -0.4 is 0 Å². The number of fused-ring (bicyclic) bond motifs is 8. The van der Waals surface area contributed by atoms with Gasteiger partial charge in [0.05, 0.1) is 0 Å². The zero-order valence-corrected chi connectivity index (χ0v) is 22.3. The van der Waals surface area contributed by atoms with Crippen LogP contribution >= 0.6 is 0 Å². The van der Waals surface area contributed by atoms with Crippen molar-refractivity contribution in [3.63, 3.8) is 0 Å². The first kappa shape index (κ1) is 22.4. The van der Waals surface area contributed by atoms with E-state index < -0.39 is 0 Å². The molecule has 0 aliphatic heterocycles. The molecule has 0 spiro atoms. The van der Waals surface area contributed by atoms with Gasteiger partial charge in [0.2, 0.25) is 0 Å². The molecule has 0 radical (unpaired) electrons. The van der Waals surface area contributed by atoms with Gasteiger partial charge in [0.15, 0.2) is 0 Å². The number of hydrogen-bond acceptors (Lipinski definition) is 1. The Morgan fingerprint density at radius 3 is 1.80 bits per heavy atom. The zero-order valence-electron chi connectivity index (χ0n) is 22.3. The minimum absolute atomic E-state index is 0.909. The van der Waals surface area contributed by atoms with Crippen LogP contribution in [0, 0.1) is 0 Å². The lowest BCUT2D eigenvalue weighted by Gasteiger charge is -2.16. The van der Waals surface area contributed by atoms with E-state index in [1.54, 1.807) is 0 Å². The van der Waals surface area contributed by atoms with Crippen LogP contribution in [0.5, 0.6) is 0 Å². The Kier molecular flexibility index (Phi) is 4.67. The molecule has 190 valence electrons. The van der Waals surface area contributed by atoms with Crippen LogP contribution in [0.4, 0.5) is 0 Å². The van der Waals surface area contributed by atoms with Gasteiger partial charge in [0.25, 0.3) is 0 Å². The van der Waals surface area contributed by atoms with Crippen LogP contribution in [0.3, 0.4) is 0 Å². The second-order valence-corrected chi connectivity index (χ2v) is 10.8. The molecule has 1 aromatic heterocycles. The molecular weight excluding hydrogens is 496 g/mol. The first-order valence-electron chi connectivity index (χ1n) is 14.1. The van der Waals surface area contributed by atoms with Gasteiger partial charge in [0, 0.05) is 16.3 Å². The molecule has 1 nitrogen and oxygen atoms in total. The van der Waals surface area contributed by atoms with Gasteiger partial charge in [0.1, 0.15) is 11.2 Å². The van der Waals surface area contributed by atoms with Crippen molar-refractivity contribution in [1.29, 1.82) is 0 Å². The molecule has 8 aromatic carbocycles. The normalized spacial score (nSPS) is 11.9. The molecule has 0 fully saturated rings. The Balaban J connectivity index is 1.52. The van der Waals surface area contributed by atoms with Crippen molar-refractivity contribution >= 4 is 65.0 Å². The number of benzene rings is 8. The van der Waals surface area contributed by atoms with E-state index in [2.05, 4.69) is 146 Å². The van der Waals surface area contributed by atoms with Crippen molar-refractivity contribution in [1.82, 2.24) is 0 Å². The van der Waals surface area contributed by atoms with Crippen molar-refractivity contribution < 1.29 is 4.42 Å². The fourth-order valence-corrected chi connectivity index (χ4v) is 6.87. The van der Waals surface area contributed by atoms with Crippen molar-refractivity contribution in [3.05, 3.63) is 146 Å². The average Bonchev–Trinajstić information content (AvgIpc) is 3.41. The Morgan fingerprint density at radius 1 is 0.341 bits per heavy atom. The Labute approximate surface area is 236 Å². The van der Waals surface area contributed by atoms with Gasteiger partial charge in [-0.05, 0) is 78.0 Å². The fourth-order valence-electron chi connectivity index (χ4n) is 6.87. The second kappa shape index (κ2) is 8.55. The number of hydrogen-bond donors (Lipinski definition) is 0. The van der Waals surface area contributed by atoms with Crippen molar-refractivity contribution in [3.8, 4) is 22.3 Å². The summed E-state index contributed by atoms with van der Waals surface area (Å²) in [4.78, 5) is 0. The average molecular weight is 521 g/mol. The summed E-state index contributed by atoms with van der Waals surface area (Å²) in [5.74, 6) is 0. The van der Waals surface area contributed by atoms with Gasteiger partial charge < -0.3 is 4.42 Å². The molecule has 0 atom stereocenters. The highest BCUT2D eigenvalue weighted by atomic mass is 16.3. The Bertz CT molecular complexity index is 2460. The van der Waals surface area contributed by atoms with E-state index in [1.807, 2.05) is 0 Å². The maximum absolute atomic E-state index is 6.68. The third-order valence-electron chi connectivity index (χ3n) is 8.61. The number of furan rings is 1. The van der Waals surface area contributed by atoms with Gasteiger partial charge in [-0.3, -0.25) is 0 Å². The van der Waals surface area contributed by atoms with E-state index in [-0.39, 0.29) is 0 Å². The molecule has 1 heteroatoms. The molecule has 9 rings (SSSR count). The SMILES string of the molecule is c1ccc(-c2c3ccccc3cc3oc4cccc(-c5c6ccccc6cc6c5ccc5ccccc56)c4c23)cc1. The molecule has 0 saturated carbocycles. The summed E-state index contributed by atoms with van der Waals surface area (Å²) in [6.07, 6.45) is 0. The second-order valence-electron chi connectivity index (χ2n) is 10.8. The maximum atomic E-state index is 6.68. The van der Waals surface area contributed by atoms with E-state index >= 15 is 0 Å². The van der Waals surface area contributed by atoms with Crippen molar-refractivity contribution in [2.75, 3.05) is 0 Å². The minimum Gasteiger partial charge on any atom is -0.456 e. The predicted molar refractivity (Wildman–Crippen MR) is 175 cm³/mol. The van der Waals surface area contributed by atoms with E-state index in [0.29, 0.717) is 0 Å². The highest BCUT2D eigenvalue weighted by Gasteiger charge is 2.21. The van der Waals surface area contributed by atoms with E-state index in [9.17, 15) is 0 Å². The molecule has 0 N–H and O–H groups in total. The molecule has 0 saturated heterocycles. The van der Waals surface area contributed by atoms with Gasteiger partial charge >= 0.3 is 0 Å². The molecule has 0 bridgehead atoms. The van der Waals surface area contributed by atoms with Gasteiger partial charge in [-0.25, -0.2) is 0 Å². The van der Waals surface area contributed by atoms with E-state index in [1.165, 1.54) is 70.7 Å². The molecule has 1 heterocycles. The molecule has 0 aliphatic carbocycles. The summed E-state index contributed by atoms with van der Waals surface area (Å²) in [6.45, 7) is 0. The highest BCUT2D eigenvalue weighted by Crippen LogP contribution is 2.48. The van der Waals surface area contributed by atoms with E-state index in [4.69, 9.17) is 4.42 Å². The standard InChI is InChI=1S/C40H24O/c1-2-12-26(13-3-1)37-30-17-8-6-15-28(30)24-36-40(37)39-33(19-10-20-35(39)41-36)38-31-18-9-5-14-27(31)23-34-29-16-7-4-11-25(29)21-22-32(34)38/h1-24H. The summed E-state index contributed by atoms with van der Waals surface area (Å²) in [5, 5.41) is 12.3. The van der Waals surface area contributed by atoms with Crippen LogP contribution in [0.15, 0.2) is 150 Å². The van der Waals surface area contributed by atoms with E-state index in [0.717, 1.165) is 16.6 Å². The van der Waals surface area contributed by atoms with Gasteiger partial charge in [-0.15, -0.1) is 0 Å². The summed E-state index contributed by atoms with van der Waals surface area (Å²) in [7, 11) is 0. The summed E-state index contributed by atoms with van der Waals surface area (Å²) in [5.41, 5.74) is 6.70. The van der Waals surface area contributed by atoms with Gasteiger partial charge in [-0.2, -0.15) is 0 Å². The quantitative estimate of drug-likeness (QED) is 0.163. The monoisotopic (exact) mass is 520 g/mol. The predicted octanol–water partition coefficient (Wildman–Crippen LogP) is 11.5. The summed E-state index contributed by atoms with van der Waals surface area (Å²) in [6, 6.07) is 52.5. The summed E-state index contributed by atoms with van der Waals surface area (Å²) < 4.78 is 6.68. The van der Waals surface area contributed by atoms with Crippen LogP contribution in [0.25, 0.3) is 87.3 Å². The molecular formula is C40H24O. The van der Waals surface area contributed by atoms with Crippen molar-refractivity contribution in [2.24, 2.45) is 0 Å². The number of rotatable bonds is 2. The van der Waals surface area contributed by atoms with Gasteiger partial charge in [-0.1, -0.05) is 127 Å². The molecule has 0 aliphatic rings. The third kappa shape index (κ3) is 3.24. The highest BCUT2D eigenvalue weighted by molar-refractivity contribution is 6.28. The zero-order chi connectivity index (χ0) is 26.9. The first-order valence-corrected chi connectivity index (χ1v) is 14.1. The molecule has 9 aromatic rings. The van der Waals surface area contributed by atoms with Crippen LogP contribution in [0.2, 0.25) is 0 Å². The van der Waals surface area contributed by atoms with Crippen molar-refractivity contribution in [2.45, 2.75) is 0 Å². The Morgan fingerprint density at radius 2 is 1.00 bits per heavy atom. The molecule has 0 unspecified atom stereocenters. The Hall–Kier alpha value is -5.40. The van der Waals surface area contributed by atoms with Crippen LogP contribution in [-0.2, 0) is 0 Å². The lowest BCUT2D eigenvalue weighted by molar-refractivity contribution is 0.669. The maximum Gasteiger partial charge on any atom is 0.136 e. The lowest BCUT2D eigenvalue weighted by Crippen LogP contribution is -1.89. The first-order chi connectivity index (χ1) is 20.3. The molecule has 41 heavy (non-hydrogen) atoms. The molecule has 0 amide bonds. The largest absolute Gasteiger partial charge is 0.456 e. The fraction of sp³-hybridized carbons (Fsp3) is 0. The van der Waals surface area contributed by atoms with Crippen LogP contribution in [-0.4, -0.2) is 0 Å². The third-order valence-corrected chi connectivity index (χ3v) is 8.61. The topological polar surface area (TPSA) is 13.1 Å².